The van der Waals surface area contributed by atoms with Crippen LogP contribution < -0.4 is 5.32 Å². The van der Waals surface area contributed by atoms with Crippen molar-refractivity contribution in [1.29, 1.82) is 0 Å². The summed E-state index contributed by atoms with van der Waals surface area (Å²) in [5, 5.41) is 2.71. The van der Waals surface area contributed by atoms with Crippen molar-refractivity contribution in [3.8, 4) is 0 Å². The molecule has 2 fully saturated rings. The van der Waals surface area contributed by atoms with Crippen molar-refractivity contribution < 1.29 is 28.7 Å². The lowest BCUT2D eigenvalue weighted by Gasteiger charge is -2.37. The molecule has 34 heavy (non-hydrogen) atoms. The highest BCUT2D eigenvalue weighted by atomic mass is 16.5. The zero-order valence-corrected chi connectivity index (χ0v) is 19.7. The minimum absolute atomic E-state index is 0.108. The summed E-state index contributed by atoms with van der Waals surface area (Å²) >= 11 is 0. The summed E-state index contributed by atoms with van der Waals surface area (Å²) in [6, 6.07) is 8.54. The van der Waals surface area contributed by atoms with Crippen LogP contribution in [0.1, 0.15) is 38.7 Å². The normalized spacial score (nSPS) is 18.0. The van der Waals surface area contributed by atoms with Crippen LogP contribution in [-0.2, 0) is 30.5 Å². The van der Waals surface area contributed by atoms with Gasteiger partial charge in [-0.15, -0.1) is 0 Å². The Kier molecular flexibility index (Phi) is 8.61. The quantitative estimate of drug-likeness (QED) is 0.568. The van der Waals surface area contributed by atoms with Gasteiger partial charge in [-0.2, -0.15) is 0 Å². The first-order valence-electron chi connectivity index (χ1n) is 11.7. The maximum absolute atomic E-state index is 13.2. The Morgan fingerprint density at radius 1 is 0.971 bits per heavy atom. The highest BCUT2D eigenvalue weighted by Crippen LogP contribution is 2.15. The topological polar surface area (TPSA) is 116 Å². The van der Waals surface area contributed by atoms with Crippen LogP contribution in [0.2, 0.25) is 0 Å². The molecule has 0 unspecified atom stereocenters. The van der Waals surface area contributed by atoms with Gasteiger partial charge in [-0.05, 0) is 11.5 Å². The number of benzene rings is 1. The van der Waals surface area contributed by atoms with E-state index in [4.69, 9.17) is 4.74 Å². The van der Waals surface area contributed by atoms with E-state index >= 15 is 0 Å². The van der Waals surface area contributed by atoms with E-state index in [9.17, 15) is 24.0 Å². The van der Waals surface area contributed by atoms with Crippen LogP contribution in [0.5, 0.6) is 0 Å². The van der Waals surface area contributed by atoms with Gasteiger partial charge in [-0.25, -0.2) is 4.79 Å². The van der Waals surface area contributed by atoms with Crippen molar-refractivity contribution in [2.75, 3.05) is 32.7 Å². The monoisotopic (exact) mass is 472 g/mol. The summed E-state index contributed by atoms with van der Waals surface area (Å²) in [5.41, 5.74) is 0.849. The summed E-state index contributed by atoms with van der Waals surface area (Å²) in [7, 11) is 0. The average molecular weight is 473 g/mol. The van der Waals surface area contributed by atoms with Crippen LogP contribution in [0.3, 0.4) is 0 Å². The molecule has 1 aromatic carbocycles. The Morgan fingerprint density at radius 3 is 2.15 bits per heavy atom. The number of hydrogen-bond acceptors (Lipinski definition) is 6. The third-order valence-corrected chi connectivity index (χ3v) is 6.36. The van der Waals surface area contributed by atoms with Gasteiger partial charge in [0.15, 0.2) is 0 Å². The van der Waals surface area contributed by atoms with Gasteiger partial charge in [-0.1, -0.05) is 50.6 Å². The first kappa shape index (κ1) is 25.2. The molecular formula is C24H32N4O6. The molecule has 1 N–H and O–H groups in total. The fourth-order valence-electron chi connectivity index (χ4n) is 3.98. The van der Waals surface area contributed by atoms with Crippen molar-refractivity contribution in [3.05, 3.63) is 35.9 Å². The number of imide groups is 1. The van der Waals surface area contributed by atoms with E-state index in [1.54, 1.807) is 9.80 Å². The summed E-state index contributed by atoms with van der Waals surface area (Å²) < 4.78 is 5.29. The van der Waals surface area contributed by atoms with Crippen LogP contribution >= 0.6 is 0 Å². The van der Waals surface area contributed by atoms with Crippen molar-refractivity contribution in [1.82, 2.24) is 20.0 Å². The number of alkyl carbamates (subject to hydrolysis) is 1. The number of rotatable bonds is 8. The maximum atomic E-state index is 13.2. The lowest BCUT2D eigenvalue weighted by atomic mass is 9.97. The lowest BCUT2D eigenvalue weighted by Crippen LogP contribution is -2.58. The molecular weight excluding hydrogens is 440 g/mol. The molecule has 5 amide bonds. The molecule has 2 aliphatic heterocycles. The van der Waals surface area contributed by atoms with E-state index in [1.165, 1.54) is 0 Å². The number of likely N-dealkylation sites (tertiary alicyclic amines) is 1. The van der Waals surface area contributed by atoms with Crippen LogP contribution in [0.4, 0.5) is 4.79 Å². The molecule has 0 bridgehead atoms. The fraction of sp³-hybridized carbons (Fsp3) is 0.542. The Morgan fingerprint density at radius 2 is 1.56 bits per heavy atom. The van der Waals surface area contributed by atoms with Crippen molar-refractivity contribution in [2.24, 2.45) is 5.92 Å². The van der Waals surface area contributed by atoms with Gasteiger partial charge in [0.1, 0.15) is 19.2 Å². The van der Waals surface area contributed by atoms with E-state index < -0.39 is 12.1 Å². The Bertz CT molecular complexity index is 897. The van der Waals surface area contributed by atoms with Crippen LogP contribution in [0, 0.1) is 5.92 Å². The van der Waals surface area contributed by atoms with Crippen molar-refractivity contribution >= 4 is 29.7 Å². The van der Waals surface area contributed by atoms with Gasteiger partial charge in [0.25, 0.3) is 0 Å². The predicted octanol–water partition coefficient (Wildman–Crippen LogP) is 1.15. The van der Waals surface area contributed by atoms with E-state index in [0.29, 0.717) is 32.6 Å². The van der Waals surface area contributed by atoms with Gasteiger partial charge < -0.3 is 19.9 Å². The molecule has 0 radical (unpaired) electrons. The summed E-state index contributed by atoms with van der Waals surface area (Å²) in [6.45, 7) is 4.90. The first-order chi connectivity index (χ1) is 16.3. The average Bonchev–Trinajstić information content (AvgIpc) is 3.18. The molecule has 0 aliphatic carbocycles. The second-order valence-electron chi connectivity index (χ2n) is 8.65. The standard InChI is InChI=1S/C24H32N4O6/c1-3-17(2)22(25-24(33)34-16-18-7-5-4-6-8-18)23(32)27-13-11-26(12-14-27)21(31)15-28-19(29)9-10-20(28)30/h4-8,17,22H,3,9-16H2,1-2H3,(H,25,33)/t17-,22-/m0/s1. The van der Waals surface area contributed by atoms with E-state index in [0.717, 1.165) is 10.5 Å². The second-order valence-corrected chi connectivity index (χ2v) is 8.65. The second kappa shape index (κ2) is 11.6. The van der Waals surface area contributed by atoms with Crippen LogP contribution in [-0.4, -0.2) is 83.2 Å². The molecule has 184 valence electrons. The molecule has 2 saturated heterocycles. The van der Waals surface area contributed by atoms with Crippen molar-refractivity contribution in [2.45, 2.75) is 45.8 Å². The molecule has 2 aliphatic rings. The van der Waals surface area contributed by atoms with Gasteiger partial charge in [0.05, 0.1) is 0 Å². The van der Waals surface area contributed by atoms with E-state index in [-0.39, 0.29) is 55.5 Å². The largest absolute Gasteiger partial charge is 0.445 e. The Labute approximate surface area is 199 Å². The molecule has 3 rings (SSSR count). The summed E-state index contributed by atoms with van der Waals surface area (Å²) in [5.74, 6) is -1.29. The number of nitrogens with one attached hydrogen (secondary N) is 1. The number of piperazine rings is 1. The zero-order chi connectivity index (χ0) is 24.7. The maximum Gasteiger partial charge on any atom is 0.408 e. The highest BCUT2D eigenvalue weighted by Gasteiger charge is 2.35. The van der Waals surface area contributed by atoms with Crippen LogP contribution in [0.25, 0.3) is 0 Å². The SMILES string of the molecule is CC[C@H](C)[C@H](NC(=O)OCc1ccccc1)C(=O)N1CCN(C(=O)CN2C(=O)CCC2=O)CC1. The molecule has 10 heteroatoms. The molecule has 1 aromatic rings. The third-order valence-electron chi connectivity index (χ3n) is 6.36. The summed E-state index contributed by atoms with van der Waals surface area (Å²) in [4.78, 5) is 65.8. The molecule has 2 heterocycles. The van der Waals surface area contributed by atoms with Crippen LogP contribution in [0.15, 0.2) is 30.3 Å². The smallest absolute Gasteiger partial charge is 0.408 e. The van der Waals surface area contributed by atoms with Crippen molar-refractivity contribution in [3.63, 3.8) is 0 Å². The molecule has 0 aromatic heterocycles. The van der Waals surface area contributed by atoms with Gasteiger partial charge >= 0.3 is 6.09 Å². The molecule has 10 nitrogen and oxygen atoms in total. The number of ether oxygens (including phenoxy) is 1. The highest BCUT2D eigenvalue weighted by molar-refractivity contribution is 6.04. The minimum atomic E-state index is -0.740. The fourth-order valence-corrected chi connectivity index (χ4v) is 3.98. The number of carbonyl (C=O) groups excluding carboxylic acids is 5. The first-order valence-corrected chi connectivity index (χ1v) is 11.7. The number of amides is 5. The minimum Gasteiger partial charge on any atom is -0.445 e. The Hall–Kier alpha value is -3.43. The molecule has 2 atom stereocenters. The number of carbonyl (C=O) groups is 5. The van der Waals surface area contributed by atoms with Gasteiger partial charge in [0.2, 0.25) is 23.6 Å². The van der Waals surface area contributed by atoms with Gasteiger partial charge in [0, 0.05) is 39.0 Å². The predicted molar refractivity (Wildman–Crippen MR) is 122 cm³/mol. The van der Waals surface area contributed by atoms with E-state index in [1.807, 2.05) is 44.2 Å². The number of hydrogen-bond donors (Lipinski definition) is 1. The summed E-state index contributed by atoms with van der Waals surface area (Å²) in [6.07, 6.45) is 0.320. The number of nitrogens with zero attached hydrogens (tertiary/aromatic N) is 3. The Balaban J connectivity index is 1.51. The zero-order valence-electron chi connectivity index (χ0n) is 19.7. The van der Waals surface area contributed by atoms with E-state index in [2.05, 4.69) is 5.32 Å². The lowest BCUT2D eigenvalue weighted by molar-refractivity contribution is -0.147. The molecule has 0 spiro atoms. The third kappa shape index (κ3) is 6.33. The van der Waals surface area contributed by atoms with Gasteiger partial charge in [-0.3, -0.25) is 24.1 Å². The molecule has 0 saturated carbocycles.